The molecule has 6 nitrogen and oxygen atoms in total. The van der Waals surface area contributed by atoms with Crippen molar-refractivity contribution in [3.05, 3.63) is 83.5 Å². The van der Waals surface area contributed by atoms with E-state index in [9.17, 15) is 4.79 Å². The molecule has 3 aromatic rings. The van der Waals surface area contributed by atoms with Crippen LogP contribution in [0.5, 0.6) is 0 Å². The zero-order valence-corrected chi connectivity index (χ0v) is 20.0. The van der Waals surface area contributed by atoms with E-state index in [4.69, 9.17) is 9.73 Å². The third-order valence-electron chi connectivity index (χ3n) is 5.30. The summed E-state index contributed by atoms with van der Waals surface area (Å²) >= 11 is 1.41. The number of nitrogens with zero attached hydrogens (tertiary/aromatic N) is 4. The van der Waals surface area contributed by atoms with Crippen LogP contribution in [0.2, 0.25) is 0 Å². The van der Waals surface area contributed by atoms with E-state index in [1.54, 1.807) is 12.0 Å². The summed E-state index contributed by atoms with van der Waals surface area (Å²) in [5.74, 6) is -0.0264. The van der Waals surface area contributed by atoms with Crippen molar-refractivity contribution >= 4 is 40.3 Å². The van der Waals surface area contributed by atoms with Gasteiger partial charge < -0.3 is 14.2 Å². The number of aliphatic imine (C=N–C) groups is 1. The average molecular weight is 461 g/mol. The number of methoxy groups -OCH3 is 1. The molecule has 2 heterocycles. The molecule has 1 saturated heterocycles. The third-order valence-corrected chi connectivity index (χ3v) is 6.31. The van der Waals surface area contributed by atoms with Crippen molar-refractivity contribution in [2.24, 2.45) is 4.99 Å². The van der Waals surface area contributed by atoms with E-state index >= 15 is 0 Å². The summed E-state index contributed by atoms with van der Waals surface area (Å²) in [7, 11) is 5.72. The van der Waals surface area contributed by atoms with Crippen molar-refractivity contribution in [3.63, 3.8) is 0 Å². The van der Waals surface area contributed by atoms with Crippen LogP contribution in [-0.2, 0) is 9.53 Å². The van der Waals surface area contributed by atoms with Crippen LogP contribution in [-0.4, -0.2) is 54.9 Å². The van der Waals surface area contributed by atoms with Gasteiger partial charge in [0.2, 0.25) is 0 Å². The molecule has 1 amide bonds. The first-order valence-electron chi connectivity index (χ1n) is 10.9. The van der Waals surface area contributed by atoms with E-state index in [2.05, 4.69) is 33.7 Å². The van der Waals surface area contributed by atoms with Crippen LogP contribution < -0.4 is 4.90 Å². The molecule has 1 fully saturated rings. The maximum absolute atomic E-state index is 13.3. The molecule has 33 heavy (non-hydrogen) atoms. The van der Waals surface area contributed by atoms with E-state index in [1.165, 1.54) is 11.8 Å². The largest absolute Gasteiger partial charge is 0.385 e. The zero-order valence-electron chi connectivity index (χ0n) is 19.1. The normalized spacial score (nSPS) is 16.2. The van der Waals surface area contributed by atoms with Crippen molar-refractivity contribution in [1.29, 1.82) is 0 Å². The van der Waals surface area contributed by atoms with Gasteiger partial charge in [-0.15, -0.1) is 0 Å². The molecule has 4 rings (SSSR count). The Kier molecular flexibility index (Phi) is 7.32. The number of hydrogen-bond acceptors (Lipinski definition) is 5. The number of ether oxygens (including phenoxy) is 1. The molecule has 1 aliphatic heterocycles. The summed E-state index contributed by atoms with van der Waals surface area (Å²) in [5.41, 5.74) is 3.96. The third kappa shape index (κ3) is 5.38. The monoisotopic (exact) mass is 460 g/mol. The number of anilines is 1. The number of thioether (sulfide) groups is 1. The number of carbonyl (C=O) groups excluding carboxylic acids is 1. The minimum Gasteiger partial charge on any atom is -0.385 e. The predicted molar refractivity (Wildman–Crippen MR) is 137 cm³/mol. The molecule has 0 bridgehead atoms. The molecule has 0 saturated carbocycles. The molecule has 0 unspecified atom stereocenters. The Hall–Kier alpha value is -3.29. The highest BCUT2D eigenvalue weighted by atomic mass is 32.2. The molecule has 0 spiro atoms. The fourth-order valence-electron chi connectivity index (χ4n) is 3.56. The minimum absolute atomic E-state index is 0.0264. The summed E-state index contributed by atoms with van der Waals surface area (Å²) in [6.45, 7) is 1.16. The van der Waals surface area contributed by atoms with Crippen LogP contribution in [0, 0.1) is 0 Å². The van der Waals surface area contributed by atoms with Gasteiger partial charge in [-0.25, -0.2) is 4.99 Å². The lowest BCUT2D eigenvalue weighted by Gasteiger charge is -2.15. The molecule has 0 N–H and O–H groups in total. The number of amides is 1. The maximum atomic E-state index is 13.3. The van der Waals surface area contributed by atoms with Gasteiger partial charge in [-0.1, -0.05) is 18.2 Å². The number of rotatable bonds is 8. The molecule has 0 atom stereocenters. The fourth-order valence-corrected chi connectivity index (χ4v) is 4.57. The van der Waals surface area contributed by atoms with Crippen molar-refractivity contribution in [2.45, 2.75) is 6.42 Å². The van der Waals surface area contributed by atoms with Crippen LogP contribution in [0.3, 0.4) is 0 Å². The quantitative estimate of drug-likeness (QED) is 0.343. The first-order valence-corrected chi connectivity index (χ1v) is 11.7. The lowest BCUT2D eigenvalue weighted by Crippen LogP contribution is -2.30. The van der Waals surface area contributed by atoms with Crippen molar-refractivity contribution in [1.82, 2.24) is 9.47 Å². The Morgan fingerprint density at radius 3 is 2.48 bits per heavy atom. The number of para-hydroxylation sites is 1. The fraction of sp³-hybridized carbons (Fsp3) is 0.231. The highest BCUT2D eigenvalue weighted by molar-refractivity contribution is 8.18. The SMILES string of the molecule is COCCCN1C(=O)/C(=C/c2cccn2-c2ccc(N(C)C)cc2)SC1=Nc1ccccc1. The van der Waals surface area contributed by atoms with Gasteiger partial charge in [-0.2, -0.15) is 0 Å². The molecule has 1 aliphatic rings. The van der Waals surface area contributed by atoms with Crippen LogP contribution in [0.15, 0.2) is 82.8 Å². The highest BCUT2D eigenvalue weighted by Gasteiger charge is 2.33. The number of benzene rings is 2. The second kappa shape index (κ2) is 10.6. The van der Waals surface area contributed by atoms with Crippen molar-refractivity contribution < 1.29 is 9.53 Å². The Balaban J connectivity index is 1.64. The molecule has 2 aromatic carbocycles. The average Bonchev–Trinajstić information content (AvgIpc) is 3.40. The molecule has 170 valence electrons. The minimum atomic E-state index is -0.0264. The van der Waals surface area contributed by atoms with Gasteiger partial charge in [0, 0.05) is 57.6 Å². The van der Waals surface area contributed by atoms with Gasteiger partial charge in [-0.05, 0) is 72.8 Å². The first kappa shape index (κ1) is 22.9. The molecule has 0 radical (unpaired) electrons. The van der Waals surface area contributed by atoms with E-state index in [0.29, 0.717) is 23.2 Å². The number of aromatic nitrogens is 1. The lowest BCUT2D eigenvalue weighted by molar-refractivity contribution is -0.122. The summed E-state index contributed by atoms with van der Waals surface area (Å²) in [5, 5.41) is 0.696. The van der Waals surface area contributed by atoms with Gasteiger partial charge in [0.1, 0.15) is 0 Å². The summed E-state index contributed by atoms with van der Waals surface area (Å²) in [4.78, 5) is 22.5. The second-order valence-corrected chi connectivity index (χ2v) is 8.87. The van der Waals surface area contributed by atoms with Crippen LogP contribution in [0.25, 0.3) is 11.8 Å². The van der Waals surface area contributed by atoms with E-state index < -0.39 is 0 Å². The number of carbonyl (C=O) groups is 1. The number of hydrogen-bond donors (Lipinski definition) is 0. The standard InChI is InChI=1S/C26H28N4O2S/c1-28(2)21-12-14-22(15-13-21)29-16-7-11-23(29)19-24-25(31)30(17-8-18-32-3)26(33-24)27-20-9-5-4-6-10-20/h4-7,9-16,19H,8,17-18H2,1-3H3/b24-19-,27-26?. The van der Waals surface area contributed by atoms with Gasteiger partial charge in [0.25, 0.3) is 5.91 Å². The van der Waals surface area contributed by atoms with Crippen LogP contribution in [0.4, 0.5) is 11.4 Å². The highest BCUT2D eigenvalue weighted by Crippen LogP contribution is 2.34. The molecular weight excluding hydrogens is 432 g/mol. The number of amidine groups is 1. The second-order valence-electron chi connectivity index (χ2n) is 7.86. The Morgan fingerprint density at radius 1 is 1.03 bits per heavy atom. The first-order chi connectivity index (χ1) is 16.1. The van der Waals surface area contributed by atoms with Crippen molar-refractivity contribution in [2.75, 3.05) is 39.3 Å². The van der Waals surface area contributed by atoms with Gasteiger partial charge in [0.15, 0.2) is 5.17 Å². The Morgan fingerprint density at radius 2 is 1.79 bits per heavy atom. The van der Waals surface area contributed by atoms with Crippen LogP contribution >= 0.6 is 11.8 Å². The smallest absolute Gasteiger partial charge is 0.266 e. The Bertz CT molecular complexity index is 1150. The van der Waals surface area contributed by atoms with Gasteiger partial charge >= 0.3 is 0 Å². The van der Waals surface area contributed by atoms with E-state index in [-0.39, 0.29) is 5.91 Å². The van der Waals surface area contributed by atoms with Gasteiger partial charge in [-0.3, -0.25) is 9.69 Å². The van der Waals surface area contributed by atoms with Crippen molar-refractivity contribution in [3.8, 4) is 5.69 Å². The summed E-state index contributed by atoms with van der Waals surface area (Å²) in [6, 6.07) is 22.1. The Labute approximate surface area is 199 Å². The van der Waals surface area contributed by atoms with E-state index in [1.807, 2.05) is 68.8 Å². The topological polar surface area (TPSA) is 50.1 Å². The predicted octanol–water partition coefficient (Wildman–Crippen LogP) is 5.18. The lowest BCUT2D eigenvalue weighted by atomic mass is 10.2. The van der Waals surface area contributed by atoms with Gasteiger partial charge in [0.05, 0.1) is 10.6 Å². The summed E-state index contributed by atoms with van der Waals surface area (Å²) < 4.78 is 7.27. The maximum Gasteiger partial charge on any atom is 0.266 e. The van der Waals surface area contributed by atoms with Crippen LogP contribution in [0.1, 0.15) is 12.1 Å². The molecule has 1 aromatic heterocycles. The van der Waals surface area contributed by atoms with E-state index in [0.717, 1.165) is 29.2 Å². The zero-order chi connectivity index (χ0) is 23.2. The molecular formula is C26H28N4O2S. The molecule has 7 heteroatoms. The molecule has 0 aliphatic carbocycles. The summed E-state index contributed by atoms with van der Waals surface area (Å²) in [6.07, 6.45) is 4.71.